The Morgan fingerprint density at radius 1 is 1.39 bits per heavy atom. The predicted octanol–water partition coefficient (Wildman–Crippen LogP) is 2.96. The number of aryl methyl sites for hydroxylation is 1. The summed E-state index contributed by atoms with van der Waals surface area (Å²) >= 11 is 7.31. The van der Waals surface area contributed by atoms with Gasteiger partial charge in [-0.25, -0.2) is 4.98 Å². The van der Waals surface area contributed by atoms with Crippen LogP contribution in [-0.2, 0) is 17.8 Å². The number of halogens is 1. The summed E-state index contributed by atoms with van der Waals surface area (Å²) in [4.78, 5) is 16.9. The molecular weight excluding hydrogens is 268 g/mol. The van der Waals surface area contributed by atoms with Crippen LogP contribution >= 0.6 is 22.9 Å². The van der Waals surface area contributed by atoms with Crippen LogP contribution in [0.2, 0.25) is 5.02 Å². The summed E-state index contributed by atoms with van der Waals surface area (Å²) < 4.78 is 0. The number of hydrogen-bond acceptors (Lipinski definition) is 3. The highest BCUT2D eigenvalue weighted by molar-refractivity contribution is 7.09. The number of aromatic nitrogens is 1. The molecule has 0 atom stereocenters. The second-order valence-electron chi connectivity index (χ2n) is 3.94. The van der Waals surface area contributed by atoms with Gasteiger partial charge in [-0.15, -0.1) is 11.3 Å². The summed E-state index contributed by atoms with van der Waals surface area (Å²) in [7, 11) is 0. The molecule has 0 aliphatic heterocycles. The van der Waals surface area contributed by atoms with Gasteiger partial charge in [-0.2, -0.15) is 0 Å². The summed E-state index contributed by atoms with van der Waals surface area (Å²) in [6.45, 7) is 2.44. The van der Waals surface area contributed by atoms with Crippen LogP contribution in [0.15, 0.2) is 29.8 Å². The number of rotatable bonds is 4. The van der Waals surface area contributed by atoms with Crippen LogP contribution in [0.1, 0.15) is 16.1 Å². The molecule has 1 amide bonds. The Labute approximate surface area is 115 Å². The van der Waals surface area contributed by atoms with Gasteiger partial charge in [0.1, 0.15) is 0 Å². The molecule has 0 spiro atoms. The summed E-state index contributed by atoms with van der Waals surface area (Å²) in [5.41, 5.74) is 3.73. The maximum absolute atomic E-state index is 11.7. The molecule has 3 nitrogen and oxygen atoms in total. The molecule has 0 aliphatic rings. The Hall–Kier alpha value is -1.39. The molecule has 1 heterocycles. The number of nitrogens with one attached hydrogen (secondary N) is 1. The zero-order valence-corrected chi connectivity index (χ0v) is 11.5. The smallest absolute Gasteiger partial charge is 0.225 e. The molecule has 0 saturated carbocycles. The molecule has 0 fully saturated rings. The average Bonchev–Trinajstić information content (AvgIpc) is 2.74. The summed E-state index contributed by atoms with van der Waals surface area (Å²) in [6.07, 6.45) is 0.393. The number of thiazole rings is 1. The number of nitrogens with zero attached hydrogens (tertiary/aromatic N) is 1. The van der Waals surface area contributed by atoms with E-state index >= 15 is 0 Å². The number of carbonyl (C=O) groups excluding carboxylic acids is 1. The normalized spacial score (nSPS) is 10.3. The van der Waals surface area contributed by atoms with E-state index in [0.717, 1.165) is 16.1 Å². The third-order valence-corrected chi connectivity index (χ3v) is 3.76. The fraction of sp³-hybridized carbons (Fsp3) is 0.231. The van der Waals surface area contributed by atoms with Crippen LogP contribution in [0.3, 0.4) is 0 Å². The average molecular weight is 281 g/mol. The van der Waals surface area contributed by atoms with Crippen LogP contribution in [0, 0.1) is 6.92 Å². The van der Waals surface area contributed by atoms with Crippen molar-refractivity contribution in [2.45, 2.75) is 19.9 Å². The Morgan fingerprint density at radius 2 is 2.11 bits per heavy atom. The van der Waals surface area contributed by atoms with Gasteiger partial charge in [0.05, 0.1) is 17.6 Å². The number of hydrogen-bond donors (Lipinski definition) is 1. The van der Waals surface area contributed by atoms with Gasteiger partial charge >= 0.3 is 0 Å². The Balaban J connectivity index is 1.85. The van der Waals surface area contributed by atoms with Crippen molar-refractivity contribution < 1.29 is 4.79 Å². The van der Waals surface area contributed by atoms with Crippen molar-refractivity contribution in [1.29, 1.82) is 0 Å². The summed E-state index contributed by atoms with van der Waals surface area (Å²) in [5.74, 6) is 0.0114. The fourth-order valence-corrected chi connectivity index (χ4v) is 2.41. The van der Waals surface area contributed by atoms with Crippen LogP contribution in [0.5, 0.6) is 0 Å². The zero-order chi connectivity index (χ0) is 13.0. The Kier molecular flexibility index (Phi) is 4.33. The van der Waals surface area contributed by atoms with Crippen LogP contribution < -0.4 is 5.32 Å². The molecule has 18 heavy (non-hydrogen) atoms. The van der Waals surface area contributed by atoms with Crippen molar-refractivity contribution in [1.82, 2.24) is 10.3 Å². The van der Waals surface area contributed by atoms with E-state index in [1.165, 1.54) is 11.3 Å². The first-order valence-electron chi connectivity index (χ1n) is 5.55. The van der Waals surface area contributed by atoms with Gasteiger partial charge in [-0.05, 0) is 24.6 Å². The second-order valence-corrected chi connectivity index (χ2v) is 5.32. The van der Waals surface area contributed by atoms with Gasteiger partial charge in [-0.3, -0.25) is 4.79 Å². The summed E-state index contributed by atoms with van der Waals surface area (Å²) in [5, 5.41) is 3.58. The molecule has 1 aromatic heterocycles. The SMILES string of the molecule is Cc1ncsc1CC(=O)NCc1ccc(Cl)cc1. The standard InChI is InChI=1S/C13H13ClN2OS/c1-9-12(18-8-16-9)6-13(17)15-7-10-2-4-11(14)5-3-10/h2-5,8H,6-7H2,1H3,(H,15,17). The van der Waals surface area contributed by atoms with Crippen LogP contribution in [-0.4, -0.2) is 10.9 Å². The fourth-order valence-electron chi connectivity index (χ4n) is 1.51. The molecular formula is C13H13ClN2OS. The molecule has 0 aliphatic carbocycles. The molecule has 0 radical (unpaired) electrons. The maximum atomic E-state index is 11.7. The second kappa shape index (κ2) is 5.98. The van der Waals surface area contributed by atoms with Crippen LogP contribution in [0.25, 0.3) is 0 Å². The lowest BCUT2D eigenvalue weighted by molar-refractivity contribution is -0.120. The minimum atomic E-state index is 0.0114. The lowest BCUT2D eigenvalue weighted by atomic mass is 10.2. The van der Waals surface area contributed by atoms with E-state index in [1.54, 1.807) is 5.51 Å². The Morgan fingerprint density at radius 3 is 2.72 bits per heavy atom. The molecule has 94 valence electrons. The molecule has 1 aromatic carbocycles. The van der Waals surface area contributed by atoms with Gasteiger partial charge in [0, 0.05) is 16.4 Å². The topological polar surface area (TPSA) is 42.0 Å². The maximum Gasteiger partial charge on any atom is 0.225 e. The van der Waals surface area contributed by atoms with Crippen molar-refractivity contribution in [2.75, 3.05) is 0 Å². The third-order valence-electron chi connectivity index (χ3n) is 2.57. The van der Waals surface area contributed by atoms with E-state index in [0.29, 0.717) is 18.0 Å². The van der Waals surface area contributed by atoms with Crippen LogP contribution in [0.4, 0.5) is 0 Å². The third kappa shape index (κ3) is 3.55. The van der Waals surface area contributed by atoms with E-state index in [2.05, 4.69) is 10.3 Å². The molecule has 5 heteroatoms. The quantitative estimate of drug-likeness (QED) is 0.935. The number of carbonyl (C=O) groups is 1. The molecule has 1 N–H and O–H groups in total. The lowest BCUT2D eigenvalue weighted by Gasteiger charge is -2.05. The van der Waals surface area contributed by atoms with E-state index in [9.17, 15) is 4.79 Å². The van der Waals surface area contributed by atoms with E-state index in [-0.39, 0.29) is 5.91 Å². The minimum Gasteiger partial charge on any atom is -0.352 e. The molecule has 0 saturated heterocycles. The van der Waals surface area contributed by atoms with E-state index < -0.39 is 0 Å². The first-order chi connectivity index (χ1) is 8.65. The van der Waals surface area contributed by atoms with Crippen molar-refractivity contribution >= 4 is 28.8 Å². The predicted molar refractivity (Wildman–Crippen MR) is 73.9 cm³/mol. The zero-order valence-electron chi connectivity index (χ0n) is 9.94. The van der Waals surface area contributed by atoms with Crippen molar-refractivity contribution in [3.05, 3.63) is 50.9 Å². The number of amides is 1. The highest BCUT2D eigenvalue weighted by Crippen LogP contribution is 2.13. The van der Waals surface area contributed by atoms with Crippen molar-refractivity contribution in [3.8, 4) is 0 Å². The van der Waals surface area contributed by atoms with Gasteiger partial charge in [-0.1, -0.05) is 23.7 Å². The van der Waals surface area contributed by atoms with E-state index in [4.69, 9.17) is 11.6 Å². The molecule has 2 aromatic rings. The first-order valence-corrected chi connectivity index (χ1v) is 6.81. The monoisotopic (exact) mass is 280 g/mol. The lowest BCUT2D eigenvalue weighted by Crippen LogP contribution is -2.24. The first kappa shape index (κ1) is 13.1. The molecule has 2 rings (SSSR count). The molecule has 0 unspecified atom stereocenters. The van der Waals surface area contributed by atoms with Gasteiger partial charge in [0.15, 0.2) is 0 Å². The van der Waals surface area contributed by atoms with E-state index in [1.807, 2.05) is 31.2 Å². The Bertz CT molecular complexity index is 536. The van der Waals surface area contributed by atoms with Gasteiger partial charge in [0.2, 0.25) is 5.91 Å². The van der Waals surface area contributed by atoms with Crippen molar-refractivity contribution in [3.63, 3.8) is 0 Å². The van der Waals surface area contributed by atoms with Crippen molar-refractivity contribution in [2.24, 2.45) is 0 Å². The highest BCUT2D eigenvalue weighted by atomic mass is 35.5. The highest BCUT2D eigenvalue weighted by Gasteiger charge is 2.07. The van der Waals surface area contributed by atoms with Gasteiger partial charge < -0.3 is 5.32 Å². The summed E-state index contributed by atoms with van der Waals surface area (Å²) in [6, 6.07) is 7.44. The molecule has 0 bridgehead atoms. The van der Waals surface area contributed by atoms with Gasteiger partial charge in [0.25, 0.3) is 0 Å². The largest absolute Gasteiger partial charge is 0.352 e. The number of benzene rings is 1. The minimum absolute atomic E-state index is 0.0114.